The maximum absolute atomic E-state index is 5.77. The smallest absolute Gasteiger partial charge is 0.0737 e. The molecule has 1 aliphatic rings. The molecule has 1 aromatic rings. The van der Waals surface area contributed by atoms with Gasteiger partial charge in [0.2, 0.25) is 0 Å². The molecule has 0 atom stereocenters. The molecular weight excluding hydrogens is 275 g/mol. The highest BCUT2D eigenvalue weighted by molar-refractivity contribution is 14.1. The summed E-state index contributed by atoms with van der Waals surface area (Å²) in [5.41, 5.74) is 2.84. The Balaban J connectivity index is 2.42. The summed E-state index contributed by atoms with van der Waals surface area (Å²) < 4.78 is 7.09. The quantitative estimate of drug-likeness (QED) is 0.666. The number of benzene rings is 1. The number of rotatable bonds is 0. The summed E-state index contributed by atoms with van der Waals surface area (Å²) in [6, 6.07) is 6.48. The van der Waals surface area contributed by atoms with Crippen molar-refractivity contribution in [3.05, 3.63) is 32.9 Å². The van der Waals surface area contributed by atoms with Gasteiger partial charge < -0.3 is 4.74 Å². The van der Waals surface area contributed by atoms with Crippen molar-refractivity contribution in [2.45, 2.75) is 32.5 Å². The molecule has 0 radical (unpaired) electrons. The molecule has 1 aromatic carbocycles. The normalized spacial score (nSPS) is 19.6. The lowest BCUT2D eigenvalue weighted by molar-refractivity contribution is -0.0404. The summed E-state index contributed by atoms with van der Waals surface area (Å²) in [6.07, 6.45) is 1.03. The lowest BCUT2D eigenvalue weighted by atomic mass is 9.92. The zero-order chi connectivity index (χ0) is 9.47. The van der Waals surface area contributed by atoms with Crippen LogP contribution in [0.3, 0.4) is 0 Å². The van der Waals surface area contributed by atoms with Crippen LogP contribution in [0.25, 0.3) is 0 Å². The van der Waals surface area contributed by atoms with Gasteiger partial charge in [0.25, 0.3) is 0 Å². The SMILES string of the molecule is CC1(C)Cc2cccc(I)c2CO1. The van der Waals surface area contributed by atoms with Crippen molar-refractivity contribution < 1.29 is 4.74 Å². The fourth-order valence-corrected chi connectivity index (χ4v) is 2.42. The van der Waals surface area contributed by atoms with Gasteiger partial charge in [-0.2, -0.15) is 0 Å². The van der Waals surface area contributed by atoms with Crippen LogP contribution in [0, 0.1) is 3.57 Å². The molecule has 0 aliphatic carbocycles. The second-order valence-electron chi connectivity index (χ2n) is 4.10. The monoisotopic (exact) mass is 288 g/mol. The molecule has 0 unspecified atom stereocenters. The van der Waals surface area contributed by atoms with E-state index in [-0.39, 0.29) is 5.60 Å². The largest absolute Gasteiger partial charge is 0.371 e. The lowest BCUT2D eigenvalue weighted by Crippen LogP contribution is -2.32. The molecule has 2 rings (SSSR count). The molecule has 0 N–H and O–H groups in total. The van der Waals surface area contributed by atoms with Crippen molar-refractivity contribution in [2.24, 2.45) is 0 Å². The van der Waals surface area contributed by atoms with Crippen LogP contribution in [-0.4, -0.2) is 5.60 Å². The minimum absolute atomic E-state index is 0.0113. The zero-order valence-corrected chi connectivity index (χ0v) is 10.1. The fourth-order valence-electron chi connectivity index (χ4n) is 1.71. The van der Waals surface area contributed by atoms with Gasteiger partial charge in [0.05, 0.1) is 12.2 Å². The van der Waals surface area contributed by atoms with Gasteiger partial charge in [0.1, 0.15) is 0 Å². The summed E-state index contributed by atoms with van der Waals surface area (Å²) >= 11 is 2.38. The highest BCUT2D eigenvalue weighted by Crippen LogP contribution is 2.30. The predicted octanol–water partition coefficient (Wildman–Crippen LogP) is 3.14. The van der Waals surface area contributed by atoms with Crippen LogP contribution in [-0.2, 0) is 17.8 Å². The van der Waals surface area contributed by atoms with E-state index in [9.17, 15) is 0 Å². The van der Waals surface area contributed by atoms with E-state index in [1.807, 2.05) is 0 Å². The molecule has 0 saturated carbocycles. The van der Waals surface area contributed by atoms with Crippen LogP contribution < -0.4 is 0 Å². The summed E-state index contributed by atoms with van der Waals surface area (Å²) in [4.78, 5) is 0. The first kappa shape index (κ1) is 9.46. The maximum atomic E-state index is 5.77. The maximum Gasteiger partial charge on any atom is 0.0737 e. The molecule has 0 spiro atoms. The van der Waals surface area contributed by atoms with E-state index < -0.39 is 0 Å². The predicted molar refractivity (Wildman–Crippen MR) is 61.7 cm³/mol. The molecule has 0 aromatic heterocycles. The second kappa shape index (κ2) is 3.24. The molecule has 0 bridgehead atoms. The van der Waals surface area contributed by atoms with Crippen LogP contribution in [0.5, 0.6) is 0 Å². The Bertz CT molecular complexity index is 331. The number of fused-ring (bicyclic) bond motifs is 1. The number of ether oxygens (including phenoxy) is 1. The Morgan fingerprint density at radius 1 is 1.38 bits per heavy atom. The number of hydrogen-bond acceptors (Lipinski definition) is 1. The van der Waals surface area contributed by atoms with Crippen molar-refractivity contribution in [1.29, 1.82) is 0 Å². The Kier molecular flexibility index (Phi) is 2.36. The summed E-state index contributed by atoms with van der Waals surface area (Å²) in [6.45, 7) is 5.06. The van der Waals surface area contributed by atoms with Gasteiger partial charge in [-0.3, -0.25) is 0 Å². The third kappa shape index (κ3) is 1.89. The van der Waals surface area contributed by atoms with Gasteiger partial charge in [-0.05, 0) is 53.6 Å². The van der Waals surface area contributed by atoms with Crippen molar-refractivity contribution in [1.82, 2.24) is 0 Å². The fraction of sp³-hybridized carbons (Fsp3) is 0.455. The van der Waals surface area contributed by atoms with Gasteiger partial charge in [0, 0.05) is 9.99 Å². The lowest BCUT2D eigenvalue weighted by Gasteiger charge is -2.32. The van der Waals surface area contributed by atoms with E-state index in [2.05, 4.69) is 54.6 Å². The van der Waals surface area contributed by atoms with Crippen LogP contribution in [0.15, 0.2) is 18.2 Å². The first-order valence-electron chi connectivity index (χ1n) is 4.49. The van der Waals surface area contributed by atoms with Crippen LogP contribution in [0.4, 0.5) is 0 Å². The summed E-state index contributed by atoms with van der Waals surface area (Å²) in [7, 11) is 0. The molecule has 13 heavy (non-hydrogen) atoms. The van der Waals surface area contributed by atoms with Crippen LogP contribution >= 0.6 is 22.6 Å². The Labute approximate surface area is 92.6 Å². The molecule has 0 amide bonds. The first-order chi connectivity index (χ1) is 6.08. The molecule has 1 aliphatic heterocycles. The van der Waals surface area contributed by atoms with Crippen molar-refractivity contribution in [2.75, 3.05) is 0 Å². The number of halogens is 1. The van der Waals surface area contributed by atoms with Gasteiger partial charge >= 0.3 is 0 Å². The van der Waals surface area contributed by atoms with Crippen LogP contribution in [0.2, 0.25) is 0 Å². The Hall–Kier alpha value is -0.0900. The zero-order valence-electron chi connectivity index (χ0n) is 7.93. The van der Waals surface area contributed by atoms with Crippen molar-refractivity contribution >= 4 is 22.6 Å². The summed E-state index contributed by atoms with van der Waals surface area (Å²) in [5, 5.41) is 0. The molecule has 70 valence electrons. The van der Waals surface area contributed by atoms with Gasteiger partial charge in [-0.25, -0.2) is 0 Å². The first-order valence-corrected chi connectivity index (χ1v) is 5.57. The highest BCUT2D eigenvalue weighted by Gasteiger charge is 2.26. The van der Waals surface area contributed by atoms with Gasteiger partial charge in [0.15, 0.2) is 0 Å². The van der Waals surface area contributed by atoms with Crippen molar-refractivity contribution in [3.63, 3.8) is 0 Å². The molecule has 2 heteroatoms. The highest BCUT2D eigenvalue weighted by atomic mass is 127. The average Bonchev–Trinajstić information content (AvgIpc) is 2.02. The minimum atomic E-state index is 0.0113. The topological polar surface area (TPSA) is 9.23 Å². The third-order valence-corrected chi connectivity index (χ3v) is 3.45. The molecule has 1 nitrogen and oxygen atoms in total. The molecule has 0 fully saturated rings. The number of hydrogen-bond donors (Lipinski definition) is 0. The molecule has 1 heterocycles. The average molecular weight is 288 g/mol. The van der Waals surface area contributed by atoms with E-state index in [1.54, 1.807) is 0 Å². The van der Waals surface area contributed by atoms with Crippen LogP contribution in [0.1, 0.15) is 25.0 Å². The second-order valence-corrected chi connectivity index (χ2v) is 5.26. The summed E-state index contributed by atoms with van der Waals surface area (Å²) in [5.74, 6) is 0. The molecular formula is C11H13IO. The standard InChI is InChI=1S/C11H13IO/c1-11(2)6-8-4-3-5-10(12)9(8)7-13-11/h3-5H,6-7H2,1-2H3. The molecule has 0 saturated heterocycles. The Morgan fingerprint density at radius 2 is 2.15 bits per heavy atom. The Morgan fingerprint density at radius 3 is 2.92 bits per heavy atom. The van der Waals surface area contributed by atoms with Gasteiger partial charge in [-0.15, -0.1) is 0 Å². The van der Waals surface area contributed by atoms with E-state index in [4.69, 9.17) is 4.74 Å². The third-order valence-electron chi connectivity index (χ3n) is 2.44. The van der Waals surface area contributed by atoms with Crippen molar-refractivity contribution in [3.8, 4) is 0 Å². The van der Waals surface area contributed by atoms with E-state index in [1.165, 1.54) is 14.7 Å². The van der Waals surface area contributed by atoms with E-state index >= 15 is 0 Å². The van der Waals surface area contributed by atoms with E-state index in [0.717, 1.165) is 13.0 Å². The minimum Gasteiger partial charge on any atom is -0.371 e. The van der Waals surface area contributed by atoms with Gasteiger partial charge in [-0.1, -0.05) is 12.1 Å². The van der Waals surface area contributed by atoms with E-state index in [0.29, 0.717) is 0 Å².